The highest BCUT2D eigenvalue weighted by Crippen LogP contribution is 2.21. The average Bonchev–Trinajstić information content (AvgIpc) is 2.17. The van der Waals surface area contributed by atoms with Gasteiger partial charge in [-0.3, -0.25) is 0 Å². The Kier molecular flexibility index (Phi) is 2.80. The van der Waals surface area contributed by atoms with Gasteiger partial charge in [-0.25, -0.2) is 4.79 Å². The van der Waals surface area contributed by atoms with Crippen LogP contribution in [-0.2, 0) is 0 Å². The highest BCUT2D eigenvalue weighted by molar-refractivity contribution is 5.83. The molecule has 0 bridgehead atoms. The quantitative estimate of drug-likeness (QED) is 0.760. The summed E-state index contributed by atoms with van der Waals surface area (Å²) in [6, 6.07) is 0. The van der Waals surface area contributed by atoms with E-state index in [9.17, 15) is 9.18 Å². The van der Waals surface area contributed by atoms with Crippen molar-refractivity contribution in [3.63, 3.8) is 0 Å². The van der Waals surface area contributed by atoms with Crippen LogP contribution in [0.25, 0.3) is 0 Å². The highest BCUT2D eigenvalue weighted by Gasteiger charge is 2.18. The number of carbonyl (C=O) groups is 1. The number of carboxylic acid groups (broad SMARTS) is 1. The number of hydrogen-bond donors (Lipinski definition) is 1. The maximum Gasteiger partial charge on any atom is 0.374 e. The van der Waals surface area contributed by atoms with Crippen LogP contribution in [-0.4, -0.2) is 35.3 Å². The van der Waals surface area contributed by atoms with Crippen molar-refractivity contribution >= 4 is 5.97 Å². The topological polar surface area (TPSA) is 81.5 Å². The van der Waals surface area contributed by atoms with Crippen molar-refractivity contribution < 1.29 is 23.8 Å². The smallest absolute Gasteiger partial charge is 0.374 e. The summed E-state index contributed by atoms with van der Waals surface area (Å²) < 4.78 is 22.2. The van der Waals surface area contributed by atoms with Crippen LogP contribution in [0.2, 0.25) is 0 Å². The molecule has 0 aliphatic rings. The van der Waals surface area contributed by atoms with E-state index in [0.717, 1.165) is 14.2 Å². The predicted molar refractivity (Wildman–Crippen MR) is 42.1 cm³/mol. The van der Waals surface area contributed by atoms with Crippen LogP contribution in [0.15, 0.2) is 0 Å². The van der Waals surface area contributed by atoms with Crippen LogP contribution in [0.1, 0.15) is 10.6 Å². The Hall–Kier alpha value is -1.92. The van der Waals surface area contributed by atoms with E-state index in [1.54, 1.807) is 0 Å². The summed E-state index contributed by atoms with van der Waals surface area (Å²) in [7, 11) is 2.33. The van der Waals surface area contributed by atoms with Gasteiger partial charge in [0, 0.05) is 0 Å². The first-order chi connectivity index (χ1) is 6.60. The highest BCUT2D eigenvalue weighted by atomic mass is 19.1. The number of aromatic nitrogens is 2. The van der Waals surface area contributed by atoms with E-state index in [4.69, 9.17) is 5.11 Å². The first-order valence-corrected chi connectivity index (χ1v) is 3.49. The van der Waals surface area contributed by atoms with Gasteiger partial charge in [0.25, 0.3) is 11.8 Å². The summed E-state index contributed by atoms with van der Waals surface area (Å²) in [6.07, 6.45) is 0. The molecule has 6 nitrogen and oxygen atoms in total. The van der Waals surface area contributed by atoms with Crippen molar-refractivity contribution in [2.75, 3.05) is 14.2 Å². The number of aromatic carboxylic acids is 1. The molecule has 0 spiro atoms. The van der Waals surface area contributed by atoms with Gasteiger partial charge in [-0.15, -0.1) is 0 Å². The molecular weight excluding hydrogens is 195 g/mol. The second kappa shape index (κ2) is 3.86. The molecule has 0 saturated heterocycles. The Balaban J connectivity index is 3.32. The van der Waals surface area contributed by atoms with Crippen LogP contribution < -0.4 is 9.47 Å². The summed E-state index contributed by atoms with van der Waals surface area (Å²) in [5, 5.41) is 8.56. The molecule has 76 valence electrons. The number of nitrogens with zero attached hydrogens (tertiary/aromatic N) is 2. The Morgan fingerprint density at radius 3 is 2.00 bits per heavy atom. The van der Waals surface area contributed by atoms with Crippen molar-refractivity contribution in [1.29, 1.82) is 0 Å². The molecule has 0 fully saturated rings. The molecule has 14 heavy (non-hydrogen) atoms. The fourth-order valence-electron chi connectivity index (χ4n) is 0.773. The van der Waals surface area contributed by atoms with E-state index in [1.165, 1.54) is 0 Å². The van der Waals surface area contributed by atoms with E-state index < -0.39 is 29.4 Å². The number of rotatable bonds is 3. The molecule has 1 N–H and O–H groups in total. The number of methoxy groups -OCH3 is 2. The maximum atomic E-state index is 13.1. The minimum Gasteiger partial charge on any atom is -0.479 e. The Morgan fingerprint density at radius 1 is 1.29 bits per heavy atom. The lowest BCUT2D eigenvalue weighted by molar-refractivity contribution is 0.0680. The van der Waals surface area contributed by atoms with E-state index in [2.05, 4.69) is 19.4 Å². The lowest BCUT2D eigenvalue weighted by Crippen LogP contribution is -2.09. The lowest BCUT2D eigenvalue weighted by atomic mass is 10.5. The SMILES string of the molecule is COc1nc(C(=O)O)nc(OC)c1F. The molecule has 0 saturated carbocycles. The third kappa shape index (κ3) is 1.70. The molecule has 0 unspecified atom stereocenters. The monoisotopic (exact) mass is 202 g/mol. The summed E-state index contributed by atoms with van der Waals surface area (Å²) in [5.41, 5.74) is 0. The molecule has 1 heterocycles. The van der Waals surface area contributed by atoms with E-state index in [0.29, 0.717) is 0 Å². The van der Waals surface area contributed by atoms with Crippen molar-refractivity contribution in [3.05, 3.63) is 11.6 Å². The van der Waals surface area contributed by atoms with Gasteiger partial charge in [-0.05, 0) is 0 Å². The zero-order chi connectivity index (χ0) is 10.7. The molecule has 0 amide bonds. The van der Waals surface area contributed by atoms with Crippen LogP contribution in [0.4, 0.5) is 4.39 Å². The minimum absolute atomic E-state index is 0.464. The summed E-state index contributed by atoms with van der Waals surface area (Å²) in [6.45, 7) is 0. The lowest BCUT2D eigenvalue weighted by Gasteiger charge is -2.05. The van der Waals surface area contributed by atoms with Crippen LogP contribution in [0.3, 0.4) is 0 Å². The van der Waals surface area contributed by atoms with Gasteiger partial charge >= 0.3 is 5.97 Å². The fraction of sp³-hybridized carbons (Fsp3) is 0.286. The predicted octanol–water partition coefficient (Wildman–Crippen LogP) is 0.331. The molecule has 1 rings (SSSR count). The second-order valence-corrected chi connectivity index (χ2v) is 2.18. The average molecular weight is 202 g/mol. The molecule has 0 radical (unpaired) electrons. The minimum atomic E-state index is -1.39. The first kappa shape index (κ1) is 10.2. The van der Waals surface area contributed by atoms with Crippen LogP contribution in [0.5, 0.6) is 11.8 Å². The summed E-state index contributed by atoms with van der Waals surface area (Å²) >= 11 is 0. The molecule has 1 aromatic heterocycles. The maximum absolute atomic E-state index is 13.1. The van der Waals surface area contributed by atoms with Crippen molar-refractivity contribution in [2.45, 2.75) is 0 Å². The molecule has 0 atom stereocenters. The largest absolute Gasteiger partial charge is 0.479 e. The van der Waals surface area contributed by atoms with Gasteiger partial charge in [0.05, 0.1) is 14.2 Å². The number of halogens is 1. The van der Waals surface area contributed by atoms with E-state index in [-0.39, 0.29) is 0 Å². The van der Waals surface area contributed by atoms with Crippen molar-refractivity contribution in [3.8, 4) is 11.8 Å². The molecule has 0 aliphatic carbocycles. The molecule has 7 heteroatoms. The van der Waals surface area contributed by atoms with Crippen molar-refractivity contribution in [2.24, 2.45) is 0 Å². The summed E-state index contributed by atoms with van der Waals surface area (Å²) in [4.78, 5) is 17.1. The third-order valence-corrected chi connectivity index (χ3v) is 1.37. The first-order valence-electron chi connectivity index (χ1n) is 3.49. The fourth-order valence-corrected chi connectivity index (χ4v) is 0.773. The Morgan fingerprint density at radius 2 is 1.71 bits per heavy atom. The van der Waals surface area contributed by atoms with E-state index in [1.807, 2.05) is 0 Å². The number of ether oxygens (including phenoxy) is 2. The molecule has 1 aromatic rings. The second-order valence-electron chi connectivity index (χ2n) is 2.18. The van der Waals surface area contributed by atoms with Gasteiger partial charge in [-0.1, -0.05) is 0 Å². The van der Waals surface area contributed by atoms with Crippen LogP contribution >= 0.6 is 0 Å². The normalized spacial score (nSPS) is 9.64. The van der Waals surface area contributed by atoms with Crippen molar-refractivity contribution in [1.82, 2.24) is 9.97 Å². The molecule has 0 aliphatic heterocycles. The van der Waals surface area contributed by atoms with Gasteiger partial charge < -0.3 is 14.6 Å². The molecule has 0 aromatic carbocycles. The van der Waals surface area contributed by atoms with Gasteiger partial charge in [-0.2, -0.15) is 14.4 Å². The zero-order valence-corrected chi connectivity index (χ0v) is 7.44. The standard InChI is InChI=1S/C7H7FN2O4/c1-13-5-3(8)6(14-2)10-4(9-5)7(11)12/h1-2H3,(H,11,12). The Labute approximate surface area is 78.3 Å². The number of carboxylic acids is 1. The third-order valence-electron chi connectivity index (χ3n) is 1.37. The van der Waals surface area contributed by atoms with Crippen LogP contribution in [0, 0.1) is 5.82 Å². The zero-order valence-electron chi connectivity index (χ0n) is 7.44. The van der Waals surface area contributed by atoms with Gasteiger partial charge in [0.15, 0.2) is 0 Å². The Bertz CT molecular complexity index is 344. The summed E-state index contributed by atoms with van der Waals surface area (Å²) in [5.74, 6) is -3.83. The van der Waals surface area contributed by atoms with E-state index >= 15 is 0 Å². The van der Waals surface area contributed by atoms with Gasteiger partial charge in [0.2, 0.25) is 11.6 Å². The van der Waals surface area contributed by atoms with Gasteiger partial charge in [0.1, 0.15) is 0 Å². The molecular formula is C7H7FN2O4. The number of hydrogen-bond acceptors (Lipinski definition) is 5.